The summed E-state index contributed by atoms with van der Waals surface area (Å²) in [6.45, 7) is 3.61. The number of ether oxygens (including phenoxy) is 1. The molecular formula is C27H28F2N6O2. The van der Waals surface area contributed by atoms with Gasteiger partial charge in [-0.2, -0.15) is 5.10 Å². The maximum absolute atomic E-state index is 13.7. The van der Waals surface area contributed by atoms with Crippen LogP contribution >= 0.6 is 0 Å². The van der Waals surface area contributed by atoms with Gasteiger partial charge in [0.25, 0.3) is 5.92 Å². The van der Waals surface area contributed by atoms with Crippen LogP contribution in [0, 0.1) is 6.92 Å². The minimum atomic E-state index is -3.04. The molecule has 0 aliphatic carbocycles. The van der Waals surface area contributed by atoms with E-state index in [1.165, 1.54) is 19.2 Å². The first-order chi connectivity index (χ1) is 17.7. The summed E-state index contributed by atoms with van der Waals surface area (Å²) in [7, 11) is 1.66. The van der Waals surface area contributed by atoms with Crippen LogP contribution in [0.15, 0.2) is 61.3 Å². The Morgan fingerprint density at radius 1 is 1.03 bits per heavy atom. The molecule has 0 atom stereocenters. The Hall–Kier alpha value is -4.05. The third-order valence-corrected chi connectivity index (χ3v) is 5.77. The maximum Gasteiger partial charge on any atom is 0.272 e. The molecule has 0 unspecified atom stereocenters. The minimum absolute atomic E-state index is 0.0967. The van der Waals surface area contributed by atoms with Gasteiger partial charge in [0.15, 0.2) is 0 Å². The number of carbonyl (C=O) groups excluding carboxylic acids is 1. The fraction of sp³-hybridized carbons (Fsp3) is 0.296. The molecule has 0 bridgehead atoms. The zero-order valence-electron chi connectivity index (χ0n) is 20.9. The van der Waals surface area contributed by atoms with Gasteiger partial charge in [0.1, 0.15) is 5.82 Å². The van der Waals surface area contributed by atoms with Crippen LogP contribution in [0.3, 0.4) is 0 Å². The number of nitrogens with zero attached hydrogens (tertiary/aromatic N) is 5. The van der Waals surface area contributed by atoms with Gasteiger partial charge in [-0.05, 0) is 29.7 Å². The monoisotopic (exact) mass is 506 g/mol. The number of nitrogens with one attached hydrogen (secondary N) is 1. The van der Waals surface area contributed by atoms with Crippen LogP contribution in [0.1, 0.15) is 35.1 Å². The van der Waals surface area contributed by atoms with E-state index in [4.69, 9.17) is 4.74 Å². The lowest BCUT2D eigenvalue weighted by molar-refractivity contribution is -0.115. The van der Waals surface area contributed by atoms with Crippen molar-refractivity contribution >= 4 is 11.6 Å². The van der Waals surface area contributed by atoms with E-state index in [0.717, 1.165) is 29.2 Å². The van der Waals surface area contributed by atoms with E-state index in [2.05, 4.69) is 25.4 Å². The van der Waals surface area contributed by atoms with Crippen molar-refractivity contribution in [1.29, 1.82) is 0 Å². The Morgan fingerprint density at radius 2 is 1.76 bits per heavy atom. The zero-order valence-corrected chi connectivity index (χ0v) is 20.9. The summed E-state index contributed by atoms with van der Waals surface area (Å²) < 4.78 is 34.4. The Morgan fingerprint density at radius 3 is 2.43 bits per heavy atom. The number of carbonyl (C=O) groups is 1. The van der Waals surface area contributed by atoms with Crippen LogP contribution in [0.4, 0.5) is 14.5 Å². The topological polar surface area (TPSA) is 94.8 Å². The van der Waals surface area contributed by atoms with E-state index < -0.39 is 5.92 Å². The summed E-state index contributed by atoms with van der Waals surface area (Å²) in [4.78, 5) is 25.4. The number of hydrogen-bond donors (Lipinski definition) is 1. The second kappa shape index (κ2) is 11.3. The van der Waals surface area contributed by atoms with Crippen LogP contribution < -0.4 is 5.32 Å². The number of aromatic nitrogens is 5. The molecule has 8 nitrogen and oxygen atoms in total. The second-order valence-electron chi connectivity index (χ2n) is 8.84. The number of methoxy groups -OCH3 is 1. The van der Waals surface area contributed by atoms with E-state index in [1.54, 1.807) is 25.7 Å². The molecule has 0 saturated heterocycles. The quantitative estimate of drug-likeness (QED) is 0.339. The van der Waals surface area contributed by atoms with E-state index in [9.17, 15) is 13.6 Å². The smallest absolute Gasteiger partial charge is 0.272 e. The lowest BCUT2D eigenvalue weighted by Gasteiger charge is -2.15. The van der Waals surface area contributed by atoms with Crippen molar-refractivity contribution in [3.05, 3.63) is 89.5 Å². The fourth-order valence-corrected chi connectivity index (χ4v) is 3.83. The summed E-state index contributed by atoms with van der Waals surface area (Å²) in [5, 5.41) is 6.95. The molecule has 0 spiro atoms. The lowest BCUT2D eigenvalue weighted by atomic mass is 10.0. The molecule has 1 aromatic carbocycles. The van der Waals surface area contributed by atoms with E-state index in [0.29, 0.717) is 25.4 Å². The number of rotatable bonds is 10. The van der Waals surface area contributed by atoms with Gasteiger partial charge in [0.05, 0.1) is 37.7 Å². The highest BCUT2D eigenvalue weighted by Gasteiger charge is 2.27. The highest BCUT2D eigenvalue weighted by atomic mass is 19.3. The largest absolute Gasteiger partial charge is 0.383 e. The number of amides is 1. The van der Waals surface area contributed by atoms with Crippen LogP contribution in [-0.4, -0.2) is 44.4 Å². The molecular weight excluding hydrogens is 478 g/mol. The predicted molar refractivity (Wildman–Crippen MR) is 135 cm³/mol. The van der Waals surface area contributed by atoms with Gasteiger partial charge < -0.3 is 10.1 Å². The Labute approximate surface area is 213 Å². The Kier molecular flexibility index (Phi) is 7.98. The van der Waals surface area contributed by atoms with Crippen molar-refractivity contribution in [3.8, 4) is 11.1 Å². The molecule has 0 aliphatic rings. The summed E-state index contributed by atoms with van der Waals surface area (Å²) in [5.74, 6) is -2.66. The third kappa shape index (κ3) is 7.01. The first kappa shape index (κ1) is 26.0. The first-order valence-corrected chi connectivity index (χ1v) is 11.8. The summed E-state index contributed by atoms with van der Waals surface area (Å²) in [6, 6.07) is 8.74. The number of hydrogen-bond acceptors (Lipinski definition) is 6. The number of halogens is 2. The van der Waals surface area contributed by atoms with Crippen molar-refractivity contribution in [2.45, 2.75) is 39.2 Å². The standard InChI is InChI=1S/C27H28F2N6O2/c1-18-24(27(2,28)29)12-23(16-30-18)34-26(36)11-19-4-6-21(7-5-19)22-14-31-25(32-15-22)10-20-13-33-35(17-20)8-9-37-3/h4-7,12-17H,8-11H2,1-3H3,(H,34,36). The van der Waals surface area contributed by atoms with Gasteiger partial charge in [0.2, 0.25) is 5.91 Å². The molecule has 10 heteroatoms. The summed E-state index contributed by atoms with van der Waals surface area (Å²) >= 11 is 0. The summed E-state index contributed by atoms with van der Waals surface area (Å²) in [6.07, 6.45) is 9.35. The average molecular weight is 507 g/mol. The van der Waals surface area contributed by atoms with Crippen molar-refractivity contribution in [3.63, 3.8) is 0 Å². The van der Waals surface area contributed by atoms with E-state index >= 15 is 0 Å². The molecule has 0 saturated carbocycles. The van der Waals surface area contributed by atoms with E-state index in [1.807, 2.05) is 35.1 Å². The van der Waals surface area contributed by atoms with Crippen LogP contribution in [0.5, 0.6) is 0 Å². The van der Waals surface area contributed by atoms with Gasteiger partial charge >= 0.3 is 0 Å². The Balaban J connectivity index is 1.34. The zero-order chi connectivity index (χ0) is 26.4. The van der Waals surface area contributed by atoms with Crippen LogP contribution in [0.25, 0.3) is 11.1 Å². The van der Waals surface area contributed by atoms with Gasteiger partial charge in [-0.1, -0.05) is 24.3 Å². The number of pyridine rings is 1. The molecule has 192 valence electrons. The van der Waals surface area contributed by atoms with Gasteiger partial charge in [-0.15, -0.1) is 0 Å². The molecule has 1 N–H and O–H groups in total. The fourth-order valence-electron chi connectivity index (χ4n) is 3.83. The predicted octanol–water partition coefficient (Wildman–Crippen LogP) is 4.57. The lowest BCUT2D eigenvalue weighted by Crippen LogP contribution is -2.16. The molecule has 4 aromatic rings. The number of benzene rings is 1. The van der Waals surface area contributed by atoms with Gasteiger partial charge in [0, 0.05) is 55.9 Å². The SMILES string of the molecule is COCCn1cc(Cc2ncc(-c3ccc(CC(=O)Nc4cnc(C)c(C(C)(F)F)c4)cc3)cn2)cn1. The first-order valence-electron chi connectivity index (χ1n) is 11.8. The maximum atomic E-state index is 13.7. The van der Waals surface area contributed by atoms with Gasteiger partial charge in [-0.25, -0.2) is 18.7 Å². The molecule has 3 heterocycles. The van der Waals surface area contributed by atoms with Crippen LogP contribution in [-0.2, 0) is 34.8 Å². The molecule has 0 aliphatic heterocycles. The van der Waals surface area contributed by atoms with Crippen molar-refractivity contribution in [2.24, 2.45) is 0 Å². The normalized spacial score (nSPS) is 11.5. The van der Waals surface area contributed by atoms with E-state index in [-0.39, 0.29) is 29.3 Å². The van der Waals surface area contributed by atoms with Crippen molar-refractivity contribution < 1.29 is 18.3 Å². The van der Waals surface area contributed by atoms with Gasteiger partial charge in [-0.3, -0.25) is 14.5 Å². The molecule has 0 radical (unpaired) electrons. The number of aryl methyl sites for hydroxylation is 1. The highest BCUT2D eigenvalue weighted by Crippen LogP contribution is 2.30. The highest BCUT2D eigenvalue weighted by molar-refractivity contribution is 5.92. The minimum Gasteiger partial charge on any atom is -0.383 e. The second-order valence-corrected chi connectivity index (χ2v) is 8.84. The molecule has 3 aromatic heterocycles. The van der Waals surface area contributed by atoms with Crippen LogP contribution in [0.2, 0.25) is 0 Å². The third-order valence-electron chi connectivity index (χ3n) is 5.77. The molecule has 37 heavy (non-hydrogen) atoms. The summed E-state index contributed by atoms with van der Waals surface area (Å²) in [5.41, 5.74) is 3.84. The molecule has 0 fully saturated rings. The van der Waals surface area contributed by atoms with Crippen molar-refractivity contribution in [1.82, 2.24) is 24.7 Å². The number of alkyl halides is 2. The number of anilines is 1. The average Bonchev–Trinajstić information content (AvgIpc) is 3.31. The Bertz CT molecular complexity index is 1350. The molecule has 1 amide bonds. The van der Waals surface area contributed by atoms with Crippen molar-refractivity contribution in [2.75, 3.05) is 19.0 Å². The molecule has 4 rings (SSSR count).